The Morgan fingerprint density at radius 2 is 1.77 bits per heavy atom. The summed E-state index contributed by atoms with van der Waals surface area (Å²) in [7, 11) is -1.10. The van der Waals surface area contributed by atoms with Crippen LogP contribution in [0.15, 0.2) is 35.6 Å². The van der Waals surface area contributed by atoms with Gasteiger partial charge < -0.3 is 0 Å². The van der Waals surface area contributed by atoms with Gasteiger partial charge in [0.1, 0.15) is 0 Å². The Kier molecular flexibility index (Phi) is 3.37. The van der Waals surface area contributed by atoms with E-state index in [1.54, 1.807) is 6.26 Å². The first-order valence-corrected chi connectivity index (χ1v) is 9.46. The molecule has 0 radical (unpaired) electrons. The van der Waals surface area contributed by atoms with Crippen molar-refractivity contribution >= 4 is 10.8 Å². The fraction of sp³-hybridized carbons (Fsp3) is 0.444. The molecule has 0 aliphatic heterocycles. The van der Waals surface area contributed by atoms with Crippen LogP contribution in [0.5, 0.6) is 0 Å². The van der Waals surface area contributed by atoms with E-state index in [1.807, 2.05) is 6.20 Å². The highest BCUT2D eigenvalue weighted by atomic mass is 32.2. The summed E-state index contributed by atoms with van der Waals surface area (Å²) in [6.45, 7) is 0. The van der Waals surface area contributed by atoms with Crippen molar-refractivity contribution in [2.75, 3.05) is 6.26 Å². The van der Waals surface area contributed by atoms with Crippen LogP contribution in [-0.4, -0.2) is 20.4 Å². The minimum Gasteiger partial charge on any atom is -0.251 e. The van der Waals surface area contributed by atoms with Crippen molar-refractivity contribution in [3.05, 3.63) is 52.8 Å². The lowest BCUT2D eigenvalue weighted by molar-refractivity contribution is 0.206. The fourth-order valence-electron chi connectivity index (χ4n) is 4.00. The third-order valence-electron chi connectivity index (χ3n) is 5.26. The van der Waals surface area contributed by atoms with Gasteiger partial charge >= 0.3 is 0 Å². The van der Waals surface area contributed by atoms with E-state index in [2.05, 4.69) is 34.2 Å². The summed E-state index contributed by atoms with van der Waals surface area (Å²) in [4.78, 5) is 8.86. The van der Waals surface area contributed by atoms with Gasteiger partial charge in [0, 0.05) is 18.1 Å². The Balaban J connectivity index is 1.67. The second-order valence-corrected chi connectivity index (χ2v) is 7.97. The van der Waals surface area contributed by atoms with Gasteiger partial charge in [-0.15, -0.1) is 0 Å². The Morgan fingerprint density at radius 3 is 2.55 bits per heavy atom. The van der Waals surface area contributed by atoms with E-state index < -0.39 is 10.8 Å². The van der Waals surface area contributed by atoms with Crippen LogP contribution in [0.3, 0.4) is 0 Å². The van der Waals surface area contributed by atoms with Crippen molar-refractivity contribution in [1.29, 1.82) is 0 Å². The molecule has 1 unspecified atom stereocenters. The van der Waals surface area contributed by atoms with Crippen LogP contribution < -0.4 is 0 Å². The topological polar surface area (TPSA) is 42.9 Å². The molecular formula is C18H20N2OS. The van der Waals surface area contributed by atoms with Crippen LogP contribution in [0, 0.1) is 5.41 Å². The highest BCUT2D eigenvalue weighted by molar-refractivity contribution is 7.84. The summed E-state index contributed by atoms with van der Waals surface area (Å²) in [5, 5.41) is 0.479. The fourth-order valence-corrected chi connectivity index (χ4v) is 4.44. The third kappa shape index (κ3) is 2.39. The van der Waals surface area contributed by atoms with Crippen LogP contribution in [0.25, 0.3) is 0 Å². The number of aryl methyl sites for hydroxylation is 2. The minimum absolute atomic E-state index is 0.336. The largest absolute Gasteiger partial charge is 0.251 e. The van der Waals surface area contributed by atoms with E-state index in [1.165, 1.54) is 36.0 Å². The summed E-state index contributed by atoms with van der Waals surface area (Å²) in [6, 6.07) is 8.83. The van der Waals surface area contributed by atoms with E-state index in [-0.39, 0.29) is 0 Å². The summed E-state index contributed by atoms with van der Waals surface area (Å²) in [6.07, 6.45) is 10.4. The predicted octanol–water partition coefficient (Wildman–Crippen LogP) is 2.88. The maximum atomic E-state index is 11.6. The highest BCUT2D eigenvalue weighted by Crippen LogP contribution is 2.44. The smallest absolute Gasteiger partial charge is 0.218 e. The Hall–Kier alpha value is -1.55. The maximum absolute atomic E-state index is 11.6. The highest BCUT2D eigenvalue weighted by Gasteiger charge is 2.38. The summed E-state index contributed by atoms with van der Waals surface area (Å²) in [5.41, 5.74) is 5.73. The summed E-state index contributed by atoms with van der Waals surface area (Å²) in [5.74, 6) is 0. The van der Waals surface area contributed by atoms with Crippen molar-refractivity contribution < 1.29 is 4.21 Å². The zero-order chi connectivity index (χ0) is 15.2. The molecule has 4 heteroatoms. The van der Waals surface area contributed by atoms with Crippen LogP contribution >= 0.6 is 0 Å². The standard InChI is InChI=1S/C18H20N2OS/c1-22(21)17-19-12-15-7-9-18(11-16(15)20-17)8-6-13-4-2-3-5-14(13)10-18/h2-5,12H,6-11H2,1H3/t18-,22?/m1/s1. The lowest BCUT2D eigenvalue weighted by Gasteiger charge is -2.41. The first kappa shape index (κ1) is 14.1. The molecule has 2 atom stereocenters. The summed E-state index contributed by atoms with van der Waals surface area (Å²) >= 11 is 0. The summed E-state index contributed by atoms with van der Waals surface area (Å²) < 4.78 is 11.6. The molecule has 0 saturated carbocycles. The molecule has 1 aromatic heterocycles. The van der Waals surface area contributed by atoms with Crippen molar-refractivity contribution in [2.24, 2.45) is 5.41 Å². The molecule has 1 spiro atoms. The maximum Gasteiger partial charge on any atom is 0.218 e. The lowest BCUT2D eigenvalue weighted by Crippen LogP contribution is -2.35. The quantitative estimate of drug-likeness (QED) is 0.761. The van der Waals surface area contributed by atoms with Crippen molar-refractivity contribution in [3.8, 4) is 0 Å². The number of hydrogen-bond donors (Lipinski definition) is 0. The monoisotopic (exact) mass is 312 g/mol. The molecule has 114 valence electrons. The molecule has 0 bridgehead atoms. The average molecular weight is 312 g/mol. The number of rotatable bonds is 1. The van der Waals surface area contributed by atoms with Crippen molar-refractivity contribution in [1.82, 2.24) is 9.97 Å². The van der Waals surface area contributed by atoms with E-state index in [9.17, 15) is 4.21 Å². The molecule has 2 aliphatic rings. The Bertz CT molecular complexity index is 759. The van der Waals surface area contributed by atoms with Crippen LogP contribution in [0.2, 0.25) is 0 Å². The van der Waals surface area contributed by atoms with Gasteiger partial charge in [0.05, 0.1) is 10.8 Å². The molecule has 3 nitrogen and oxygen atoms in total. The SMILES string of the molecule is CS(=O)c1ncc2c(n1)C[C@]1(CCc3ccccc3C1)CC2. The molecule has 22 heavy (non-hydrogen) atoms. The second-order valence-electron chi connectivity index (χ2n) is 6.70. The van der Waals surface area contributed by atoms with Crippen LogP contribution in [0.1, 0.15) is 35.2 Å². The zero-order valence-electron chi connectivity index (χ0n) is 12.8. The van der Waals surface area contributed by atoms with Crippen LogP contribution in [0.4, 0.5) is 0 Å². The van der Waals surface area contributed by atoms with Gasteiger partial charge in [0.2, 0.25) is 5.16 Å². The van der Waals surface area contributed by atoms with Gasteiger partial charge in [-0.1, -0.05) is 24.3 Å². The predicted molar refractivity (Wildman–Crippen MR) is 87.3 cm³/mol. The molecule has 0 fully saturated rings. The van der Waals surface area contributed by atoms with Gasteiger partial charge in [-0.3, -0.25) is 4.21 Å². The Morgan fingerprint density at radius 1 is 1.05 bits per heavy atom. The Labute approximate surface area is 133 Å². The van der Waals surface area contributed by atoms with Gasteiger partial charge in [-0.2, -0.15) is 0 Å². The molecule has 2 aliphatic carbocycles. The van der Waals surface area contributed by atoms with Gasteiger partial charge in [0.25, 0.3) is 0 Å². The third-order valence-corrected chi connectivity index (χ3v) is 5.98. The number of fused-ring (bicyclic) bond motifs is 2. The number of nitrogens with zero attached hydrogens (tertiary/aromatic N) is 2. The molecular weight excluding hydrogens is 292 g/mol. The van der Waals surface area contributed by atoms with Gasteiger partial charge in [-0.05, 0) is 60.6 Å². The van der Waals surface area contributed by atoms with E-state index in [4.69, 9.17) is 0 Å². The minimum atomic E-state index is -1.10. The normalized spacial score (nSPS) is 24.6. The number of aromatic nitrogens is 2. The first-order valence-electron chi connectivity index (χ1n) is 7.90. The van der Waals surface area contributed by atoms with Gasteiger partial charge in [-0.25, -0.2) is 9.97 Å². The first-order chi connectivity index (χ1) is 10.7. The average Bonchev–Trinajstić information content (AvgIpc) is 2.54. The molecule has 2 aromatic rings. The van der Waals surface area contributed by atoms with Crippen LogP contribution in [-0.2, 0) is 36.5 Å². The van der Waals surface area contributed by atoms with Gasteiger partial charge in [0.15, 0.2) is 0 Å². The molecule has 4 rings (SSSR count). The molecule has 1 aromatic carbocycles. The second kappa shape index (κ2) is 5.27. The number of benzene rings is 1. The van der Waals surface area contributed by atoms with E-state index >= 15 is 0 Å². The van der Waals surface area contributed by atoms with E-state index in [0.29, 0.717) is 10.6 Å². The molecule has 0 amide bonds. The van der Waals surface area contributed by atoms with E-state index in [0.717, 1.165) is 25.0 Å². The van der Waals surface area contributed by atoms with Crippen molar-refractivity contribution in [2.45, 2.75) is 43.7 Å². The number of hydrogen-bond acceptors (Lipinski definition) is 3. The zero-order valence-corrected chi connectivity index (χ0v) is 13.7. The van der Waals surface area contributed by atoms with Crippen molar-refractivity contribution in [3.63, 3.8) is 0 Å². The molecule has 0 N–H and O–H groups in total. The molecule has 1 heterocycles. The lowest BCUT2D eigenvalue weighted by atomic mass is 9.64. The molecule has 0 saturated heterocycles.